The van der Waals surface area contributed by atoms with Crippen molar-refractivity contribution in [2.75, 3.05) is 19.6 Å². The molecule has 0 aromatic carbocycles. The summed E-state index contributed by atoms with van der Waals surface area (Å²) in [5.74, 6) is 0.436. The van der Waals surface area contributed by atoms with Gasteiger partial charge in [-0.15, -0.1) is 0 Å². The maximum absolute atomic E-state index is 12.0. The van der Waals surface area contributed by atoms with E-state index in [1.807, 2.05) is 13.8 Å². The number of hydrogen-bond acceptors (Lipinski definition) is 2. The highest BCUT2D eigenvalue weighted by atomic mass is 16.2. The van der Waals surface area contributed by atoms with E-state index in [4.69, 9.17) is 0 Å². The lowest BCUT2D eigenvalue weighted by atomic mass is 9.97. The Morgan fingerprint density at radius 2 is 1.95 bits per heavy atom. The van der Waals surface area contributed by atoms with Crippen molar-refractivity contribution in [2.45, 2.75) is 46.6 Å². The molecule has 1 atom stereocenters. The Morgan fingerprint density at radius 3 is 2.53 bits per heavy atom. The number of carbonyl (C=O) groups excluding carboxylic acids is 2. The van der Waals surface area contributed by atoms with Crippen LogP contribution in [0.4, 0.5) is 4.79 Å². The average molecular weight is 269 g/mol. The second-order valence-electron chi connectivity index (χ2n) is 6.03. The van der Waals surface area contributed by atoms with Crippen LogP contribution in [-0.2, 0) is 4.79 Å². The minimum absolute atomic E-state index is 0.0456. The predicted molar refractivity (Wildman–Crippen MR) is 75.8 cm³/mol. The summed E-state index contributed by atoms with van der Waals surface area (Å²) < 4.78 is 0. The van der Waals surface area contributed by atoms with E-state index in [0.717, 1.165) is 19.4 Å². The first-order valence-electron chi connectivity index (χ1n) is 7.23. The standard InChI is InChI=1S/C14H27N3O2/c1-10(2)8-15-14(19)17-7-5-6-12(9-17)13(18)16-11(3)4/h10-12H,5-9H2,1-4H3,(H,15,19)(H,16,18). The largest absolute Gasteiger partial charge is 0.354 e. The summed E-state index contributed by atoms with van der Waals surface area (Å²) in [6.45, 7) is 9.99. The van der Waals surface area contributed by atoms with Crippen molar-refractivity contribution in [1.82, 2.24) is 15.5 Å². The molecule has 1 saturated heterocycles. The van der Waals surface area contributed by atoms with Crippen molar-refractivity contribution in [3.05, 3.63) is 0 Å². The first kappa shape index (κ1) is 15.8. The molecule has 1 aliphatic heterocycles. The van der Waals surface area contributed by atoms with Gasteiger partial charge >= 0.3 is 6.03 Å². The van der Waals surface area contributed by atoms with Crippen molar-refractivity contribution in [1.29, 1.82) is 0 Å². The molecule has 1 fully saturated rings. The molecule has 0 bridgehead atoms. The van der Waals surface area contributed by atoms with Crippen LogP contribution in [0.2, 0.25) is 0 Å². The number of rotatable bonds is 4. The van der Waals surface area contributed by atoms with Crippen molar-refractivity contribution in [3.63, 3.8) is 0 Å². The van der Waals surface area contributed by atoms with Crippen molar-refractivity contribution in [3.8, 4) is 0 Å². The van der Waals surface area contributed by atoms with Crippen LogP contribution in [0.3, 0.4) is 0 Å². The van der Waals surface area contributed by atoms with Gasteiger partial charge in [0, 0.05) is 25.7 Å². The minimum Gasteiger partial charge on any atom is -0.354 e. The van der Waals surface area contributed by atoms with Gasteiger partial charge in [0.15, 0.2) is 0 Å². The minimum atomic E-state index is -0.0686. The third-order valence-corrected chi connectivity index (χ3v) is 3.17. The van der Waals surface area contributed by atoms with Gasteiger partial charge in [0.05, 0.1) is 5.92 Å². The van der Waals surface area contributed by atoms with Crippen LogP contribution in [0.1, 0.15) is 40.5 Å². The maximum Gasteiger partial charge on any atom is 0.317 e. The van der Waals surface area contributed by atoms with Crippen LogP contribution in [0.5, 0.6) is 0 Å². The first-order chi connectivity index (χ1) is 8.90. The van der Waals surface area contributed by atoms with Gasteiger partial charge in [-0.1, -0.05) is 13.8 Å². The summed E-state index contributed by atoms with van der Waals surface area (Å²) in [4.78, 5) is 25.7. The fourth-order valence-corrected chi connectivity index (χ4v) is 2.18. The summed E-state index contributed by atoms with van der Waals surface area (Å²) in [5, 5.41) is 5.83. The molecule has 1 unspecified atom stereocenters. The molecule has 1 aliphatic rings. The van der Waals surface area contributed by atoms with Crippen LogP contribution in [0.25, 0.3) is 0 Å². The van der Waals surface area contributed by atoms with Gasteiger partial charge in [0.2, 0.25) is 5.91 Å². The number of nitrogens with zero attached hydrogens (tertiary/aromatic N) is 1. The van der Waals surface area contributed by atoms with E-state index in [-0.39, 0.29) is 23.9 Å². The molecular weight excluding hydrogens is 242 g/mol. The van der Waals surface area contributed by atoms with Gasteiger partial charge in [0.1, 0.15) is 0 Å². The lowest BCUT2D eigenvalue weighted by Gasteiger charge is -2.32. The third kappa shape index (κ3) is 5.49. The van der Waals surface area contributed by atoms with Crippen molar-refractivity contribution >= 4 is 11.9 Å². The van der Waals surface area contributed by atoms with Gasteiger partial charge < -0.3 is 15.5 Å². The lowest BCUT2D eigenvalue weighted by molar-refractivity contribution is -0.126. The fourth-order valence-electron chi connectivity index (χ4n) is 2.18. The smallest absolute Gasteiger partial charge is 0.317 e. The zero-order valence-electron chi connectivity index (χ0n) is 12.5. The summed E-state index contributed by atoms with van der Waals surface area (Å²) in [7, 11) is 0. The number of likely N-dealkylation sites (tertiary alicyclic amines) is 1. The number of hydrogen-bond donors (Lipinski definition) is 2. The van der Waals surface area contributed by atoms with E-state index in [2.05, 4.69) is 24.5 Å². The van der Waals surface area contributed by atoms with Crippen molar-refractivity contribution in [2.24, 2.45) is 11.8 Å². The van der Waals surface area contributed by atoms with Crippen LogP contribution in [0, 0.1) is 11.8 Å². The van der Waals surface area contributed by atoms with E-state index in [1.165, 1.54) is 0 Å². The Labute approximate surface area is 116 Å². The third-order valence-electron chi connectivity index (χ3n) is 3.17. The van der Waals surface area contributed by atoms with Gasteiger partial charge in [-0.25, -0.2) is 4.79 Å². The molecule has 3 amide bonds. The van der Waals surface area contributed by atoms with E-state index >= 15 is 0 Å². The van der Waals surface area contributed by atoms with E-state index in [1.54, 1.807) is 4.90 Å². The zero-order chi connectivity index (χ0) is 14.4. The molecule has 0 saturated carbocycles. The number of amides is 3. The fraction of sp³-hybridized carbons (Fsp3) is 0.857. The molecule has 5 nitrogen and oxygen atoms in total. The Bertz CT molecular complexity index is 316. The molecule has 0 aliphatic carbocycles. The number of nitrogens with one attached hydrogen (secondary N) is 2. The summed E-state index contributed by atoms with van der Waals surface area (Å²) in [6, 6.07) is 0.105. The molecule has 1 rings (SSSR count). The average Bonchev–Trinajstić information content (AvgIpc) is 2.35. The molecule has 0 radical (unpaired) electrons. The van der Waals surface area contributed by atoms with Crippen molar-refractivity contribution < 1.29 is 9.59 Å². The lowest BCUT2D eigenvalue weighted by Crippen LogP contribution is -2.50. The Hall–Kier alpha value is -1.26. The van der Waals surface area contributed by atoms with E-state index in [0.29, 0.717) is 19.0 Å². The zero-order valence-corrected chi connectivity index (χ0v) is 12.5. The Morgan fingerprint density at radius 1 is 1.26 bits per heavy atom. The normalized spacial score (nSPS) is 19.7. The van der Waals surface area contributed by atoms with Crippen LogP contribution >= 0.6 is 0 Å². The van der Waals surface area contributed by atoms with Gasteiger partial charge in [-0.3, -0.25) is 4.79 Å². The van der Waals surface area contributed by atoms with Crippen LogP contribution in [0.15, 0.2) is 0 Å². The topological polar surface area (TPSA) is 61.4 Å². The SMILES string of the molecule is CC(C)CNC(=O)N1CCCC(C(=O)NC(C)C)C1. The van der Waals surface area contributed by atoms with Crippen LogP contribution in [-0.4, -0.2) is 42.5 Å². The summed E-state index contributed by atoms with van der Waals surface area (Å²) in [5.41, 5.74) is 0. The van der Waals surface area contributed by atoms with Gasteiger partial charge in [-0.2, -0.15) is 0 Å². The van der Waals surface area contributed by atoms with E-state index in [9.17, 15) is 9.59 Å². The predicted octanol–water partition coefficient (Wildman–Crippen LogP) is 1.59. The molecular formula is C14H27N3O2. The summed E-state index contributed by atoms with van der Waals surface area (Å²) >= 11 is 0. The number of urea groups is 1. The Kier molecular flexibility index (Phi) is 6.12. The molecule has 19 heavy (non-hydrogen) atoms. The monoisotopic (exact) mass is 269 g/mol. The van der Waals surface area contributed by atoms with Crippen LogP contribution < -0.4 is 10.6 Å². The van der Waals surface area contributed by atoms with Gasteiger partial charge in [0.25, 0.3) is 0 Å². The summed E-state index contributed by atoms with van der Waals surface area (Å²) in [6.07, 6.45) is 1.76. The second-order valence-corrected chi connectivity index (χ2v) is 6.03. The molecule has 0 spiro atoms. The molecule has 0 aromatic rings. The quantitative estimate of drug-likeness (QED) is 0.814. The number of piperidine rings is 1. The molecule has 5 heteroatoms. The Balaban J connectivity index is 2.45. The molecule has 0 aromatic heterocycles. The maximum atomic E-state index is 12.0. The first-order valence-corrected chi connectivity index (χ1v) is 7.23. The van der Waals surface area contributed by atoms with E-state index < -0.39 is 0 Å². The van der Waals surface area contributed by atoms with Gasteiger partial charge in [-0.05, 0) is 32.6 Å². The highest BCUT2D eigenvalue weighted by Crippen LogP contribution is 2.16. The molecule has 1 heterocycles. The second kappa shape index (κ2) is 7.36. The molecule has 2 N–H and O–H groups in total. The highest BCUT2D eigenvalue weighted by molar-refractivity contribution is 5.81. The number of carbonyl (C=O) groups is 2. The molecule has 110 valence electrons. The highest BCUT2D eigenvalue weighted by Gasteiger charge is 2.28.